The topological polar surface area (TPSA) is 45.2 Å². The number of aromatic nitrogens is 1. The molecule has 0 radical (unpaired) electrons. The Balaban J connectivity index is 2.37. The normalized spacial score (nSPS) is 26.8. The number of rotatable bonds is 1. The van der Waals surface area contributed by atoms with Gasteiger partial charge in [-0.1, -0.05) is 0 Å². The van der Waals surface area contributed by atoms with Crippen LogP contribution in [-0.4, -0.2) is 35.9 Å². The highest BCUT2D eigenvalue weighted by molar-refractivity contribution is 5.87. The lowest BCUT2D eigenvalue weighted by Gasteiger charge is -2.38. The molecule has 0 aliphatic carbocycles. The number of carbonyl (C=O) groups is 1. The van der Waals surface area contributed by atoms with Gasteiger partial charge in [-0.15, -0.1) is 0 Å². The van der Waals surface area contributed by atoms with Crippen molar-refractivity contribution in [1.82, 2.24) is 15.2 Å². The number of hydrogen-bond donors (Lipinski definition) is 1. The molecule has 0 aromatic carbocycles. The van der Waals surface area contributed by atoms with Crippen LogP contribution in [0.2, 0.25) is 0 Å². The van der Waals surface area contributed by atoms with Gasteiger partial charge in [-0.25, -0.2) is 0 Å². The van der Waals surface area contributed by atoms with Crippen molar-refractivity contribution in [3.8, 4) is 0 Å². The van der Waals surface area contributed by atoms with Gasteiger partial charge in [0, 0.05) is 32.5 Å². The minimum Gasteiger partial charge on any atom is -0.343 e. The molecule has 1 aliphatic heterocycles. The smallest absolute Gasteiger partial charge is 0.246 e. The number of nitrogens with zero attached hydrogens (tertiary/aromatic N) is 2. The van der Waals surface area contributed by atoms with E-state index < -0.39 is 5.54 Å². The molecule has 1 fully saturated rings. The van der Waals surface area contributed by atoms with Gasteiger partial charge in [0.15, 0.2) is 0 Å². The molecule has 1 aliphatic rings. The number of pyridine rings is 1. The van der Waals surface area contributed by atoms with E-state index >= 15 is 0 Å². The minimum atomic E-state index is -0.601. The molecule has 4 heteroatoms. The summed E-state index contributed by atoms with van der Waals surface area (Å²) in [4.78, 5) is 17.8. The van der Waals surface area contributed by atoms with Gasteiger partial charge in [0.2, 0.25) is 5.91 Å². The molecular formula is C11H15N3O. The molecule has 1 saturated heterocycles. The fourth-order valence-electron chi connectivity index (χ4n) is 1.94. The lowest BCUT2D eigenvalue weighted by Crippen LogP contribution is -2.59. The lowest BCUT2D eigenvalue weighted by molar-refractivity contribution is -0.139. The van der Waals surface area contributed by atoms with Crippen LogP contribution >= 0.6 is 0 Å². The van der Waals surface area contributed by atoms with Crippen LogP contribution in [0, 0.1) is 0 Å². The zero-order chi connectivity index (χ0) is 10.9. The fraction of sp³-hybridized carbons (Fsp3) is 0.455. The van der Waals surface area contributed by atoms with E-state index in [9.17, 15) is 4.79 Å². The van der Waals surface area contributed by atoms with Crippen LogP contribution in [0.5, 0.6) is 0 Å². The van der Waals surface area contributed by atoms with Crippen molar-refractivity contribution in [2.45, 2.75) is 12.5 Å². The van der Waals surface area contributed by atoms with Gasteiger partial charge in [-0.3, -0.25) is 15.1 Å². The number of hydrogen-bond acceptors (Lipinski definition) is 3. The predicted molar refractivity (Wildman–Crippen MR) is 57.2 cm³/mol. The summed E-state index contributed by atoms with van der Waals surface area (Å²) in [5, 5.41) is 3.27. The van der Waals surface area contributed by atoms with Crippen LogP contribution in [0.1, 0.15) is 12.5 Å². The van der Waals surface area contributed by atoms with Gasteiger partial charge in [0.05, 0.1) is 0 Å². The number of likely N-dealkylation sites (N-methyl/N-ethyl adjacent to an activating group) is 1. The van der Waals surface area contributed by atoms with Crippen molar-refractivity contribution in [1.29, 1.82) is 0 Å². The zero-order valence-corrected chi connectivity index (χ0v) is 9.03. The molecule has 1 unspecified atom stereocenters. The summed E-state index contributed by atoms with van der Waals surface area (Å²) in [5.41, 5.74) is 0.365. The Morgan fingerprint density at radius 1 is 1.47 bits per heavy atom. The summed E-state index contributed by atoms with van der Waals surface area (Å²) in [7, 11) is 1.84. The van der Waals surface area contributed by atoms with Crippen LogP contribution in [-0.2, 0) is 10.3 Å². The second-order valence-electron chi connectivity index (χ2n) is 4.01. The average molecular weight is 205 g/mol. The molecule has 0 bridgehead atoms. The maximum Gasteiger partial charge on any atom is 0.246 e. The van der Waals surface area contributed by atoms with E-state index in [1.54, 1.807) is 17.3 Å². The average Bonchev–Trinajstić information content (AvgIpc) is 2.27. The zero-order valence-electron chi connectivity index (χ0n) is 9.03. The molecule has 1 amide bonds. The van der Waals surface area contributed by atoms with Crippen LogP contribution in [0.25, 0.3) is 0 Å². The van der Waals surface area contributed by atoms with Gasteiger partial charge in [-0.2, -0.15) is 0 Å². The largest absolute Gasteiger partial charge is 0.343 e. The summed E-state index contributed by atoms with van der Waals surface area (Å²) in [6.07, 6.45) is 3.42. The highest BCUT2D eigenvalue weighted by Gasteiger charge is 2.39. The lowest BCUT2D eigenvalue weighted by atomic mass is 9.89. The van der Waals surface area contributed by atoms with E-state index in [2.05, 4.69) is 10.3 Å². The van der Waals surface area contributed by atoms with Crippen LogP contribution in [0.15, 0.2) is 24.5 Å². The first-order valence-electron chi connectivity index (χ1n) is 5.06. The number of amides is 1. The molecule has 0 spiro atoms. The third kappa shape index (κ3) is 1.61. The van der Waals surface area contributed by atoms with Gasteiger partial charge in [-0.05, 0) is 24.6 Å². The number of piperazine rings is 1. The van der Waals surface area contributed by atoms with E-state index in [0.29, 0.717) is 0 Å². The molecule has 1 atom stereocenters. The Labute approximate surface area is 89.3 Å². The van der Waals surface area contributed by atoms with Crippen molar-refractivity contribution in [2.75, 3.05) is 20.1 Å². The Bertz CT molecular complexity index is 365. The molecule has 1 N–H and O–H groups in total. The quantitative estimate of drug-likeness (QED) is 0.720. The second-order valence-corrected chi connectivity index (χ2v) is 4.01. The molecule has 4 nitrogen and oxygen atoms in total. The molecule has 1 aromatic rings. The highest BCUT2D eigenvalue weighted by atomic mass is 16.2. The molecular weight excluding hydrogens is 190 g/mol. The van der Waals surface area contributed by atoms with Crippen molar-refractivity contribution >= 4 is 5.91 Å². The standard InChI is InChI=1S/C11H15N3O/c1-11(9-3-5-12-6-4-9)10(15)14(2)8-7-13-11/h3-6,13H,7-8H2,1-2H3. The summed E-state index contributed by atoms with van der Waals surface area (Å²) in [5.74, 6) is 0.111. The number of carbonyl (C=O) groups excluding carboxylic acids is 1. The molecule has 2 rings (SSSR count). The molecule has 0 saturated carbocycles. The van der Waals surface area contributed by atoms with Gasteiger partial charge < -0.3 is 4.90 Å². The van der Waals surface area contributed by atoms with Crippen molar-refractivity contribution in [2.24, 2.45) is 0 Å². The first-order chi connectivity index (χ1) is 7.14. The summed E-state index contributed by atoms with van der Waals surface area (Å²) >= 11 is 0. The van der Waals surface area contributed by atoms with Gasteiger partial charge in [0.25, 0.3) is 0 Å². The van der Waals surface area contributed by atoms with E-state index in [-0.39, 0.29) is 5.91 Å². The molecule has 1 aromatic heterocycles. The predicted octanol–water partition coefficient (Wildman–Crippen LogP) is 0.358. The van der Waals surface area contributed by atoms with E-state index in [0.717, 1.165) is 18.7 Å². The van der Waals surface area contributed by atoms with Crippen molar-refractivity contribution < 1.29 is 4.79 Å². The summed E-state index contributed by atoms with van der Waals surface area (Å²) < 4.78 is 0. The SMILES string of the molecule is CN1CCNC(C)(c2ccncc2)C1=O. The van der Waals surface area contributed by atoms with Crippen LogP contribution in [0.3, 0.4) is 0 Å². The monoisotopic (exact) mass is 205 g/mol. The Kier molecular flexibility index (Phi) is 2.44. The second kappa shape index (κ2) is 3.62. The Morgan fingerprint density at radius 3 is 2.80 bits per heavy atom. The molecule has 2 heterocycles. The van der Waals surface area contributed by atoms with Gasteiger partial charge in [0.1, 0.15) is 5.54 Å². The van der Waals surface area contributed by atoms with Crippen LogP contribution in [0.4, 0.5) is 0 Å². The van der Waals surface area contributed by atoms with Crippen molar-refractivity contribution in [3.63, 3.8) is 0 Å². The molecule has 80 valence electrons. The van der Waals surface area contributed by atoms with Crippen LogP contribution < -0.4 is 5.32 Å². The summed E-state index contributed by atoms with van der Waals surface area (Å²) in [6.45, 7) is 3.50. The first-order valence-corrected chi connectivity index (χ1v) is 5.06. The Morgan fingerprint density at radius 2 is 2.13 bits per heavy atom. The Hall–Kier alpha value is -1.42. The van der Waals surface area contributed by atoms with Gasteiger partial charge >= 0.3 is 0 Å². The first kappa shape index (κ1) is 10.1. The van der Waals surface area contributed by atoms with Crippen molar-refractivity contribution in [3.05, 3.63) is 30.1 Å². The fourth-order valence-corrected chi connectivity index (χ4v) is 1.94. The van der Waals surface area contributed by atoms with E-state index in [1.165, 1.54) is 0 Å². The highest BCUT2D eigenvalue weighted by Crippen LogP contribution is 2.24. The number of nitrogens with one attached hydrogen (secondary N) is 1. The summed E-state index contributed by atoms with van der Waals surface area (Å²) in [6, 6.07) is 3.76. The third-order valence-electron chi connectivity index (χ3n) is 2.96. The molecule has 15 heavy (non-hydrogen) atoms. The van der Waals surface area contributed by atoms with E-state index in [1.807, 2.05) is 26.1 Å². The maximum absolute atomic E-state index is 12.1. The minimum absolute atomic E-state index is 0.111. The maximum atomic E-state index is 12.1. The van der Waals surface area contributed by atoms with E-state index in [4.69, 9.17) is 0 Å². The third-order valence-corrected chi connectivity index (χ3v) is 2.96.